The molecule has 0 saturated carbocycles. The second-order valence-corrected chi connectivity index (χ2v) is 7.27. The number of fused-ring (bicyclic) bond motifs is 1. The Morgan fingerprint density at radius 3 is 2.88 bits per heavy atom. The predicted molar refractivity (Wildman–Crippen MR) is 102 cm³/mol. The number of carbonyl (C=O) groups is 1. The van der Waals surface area contributed by atoms with E-state index in [2.05, 4.69) is 4.98 Å². The maximum absolute atomic E-state index is 12.9. The Bertz CT molecular complexity index is 953. The molecule has 0 unspecified atom stereocenters. The summed E-state index contributed by atoms with van der Waals surface area (Å²) in [6.45, 7) is 1.42. The summed E-state index contributed by atoms with van der Waals surface area (Å²) in [7, 11) is 3.33. The molecule has 5 nitrogen and oxygen atoms in total. The first-order valence-corrected chi connectivity index (χ1v) is 9.42. The summed E-state index contributed by atoms with van der Waals surface area (Å²) in [5, 5.41) is 0. The maximum Gasteiger partial charge on any atom is 0.253 e. The number of thiazole rings is 1. The molecule has 1 fully saturated rings. The topological polar surface area (TPSA) is 51.7 Å². The van der Waals surface area contributed by atoms with Crippen LogP contribution in [0.3, 0.4) is 0 Å². The molecule has 1 amide bonds. The fourth-order valence-corrected chi connectivity index (χ4v) is 4.24. The maximum atomic E-state index is 12.9. The summed E-state index contributed by atoms with van der Waals surface area (Å²) in [4.78, 5) is 19.1. The number of rotatable bonds is 4. The van der Waals surface area contributed by atoms with Crippen molar-refractivity contribution in [1.82, 2.24) is 9.88 Å². The normalized spacial score (nSPS) is 16.8. The van der Waals surface area contributed by atoms with Crippen molar-refractivity contribution in [3.8, 4) is 11.5 Å². The summed E-state index contributed by atoms with van der Waals surface area (Å²) in [6.07, 6.45) is 0.915. The second kappa shape index (κ2) is 6.96. The lowest BCUT2D eigenvalue weighted by Crippen LogP contribution is -2.28. The molecule has 6 heteroatoms. The highest BCUT2D eigenvalue weighted by molar-refractivity contribution is 7.16. The van der Waals surface area contributed by atoms with Crippen molar-refractivity contribution < 1.29 is 14.3 Å². The van der Waals surface area contributed by atoms with Crippen molar-refractivity contribution in [2.24, 2.45) is 0 Å². The minimum Gasteiger partial charge on any atom is -0.497 e. The summed E-state index contributed by atoms with van der Waals surface area (Å²) >= 11 is 1.56. The van der Waals surface area contributed by atoms with Gasteiger partial charge < -0.3 is 14.4 Å². The number of hydrogen-bond acceptors (Lipinski definition) is 5. The number of hydrogen-bond donors (Lipinski definition) is 0. The molecule has 1 aromatic heterocycles. The number of aromatic nitrogens is 1. The van der Waals surface area contributed by atoms with E-state index in [0.717, 1.165) is 45.8 Å². The standard InChI is InChI=1S/C20H20N2O3S/c1-24-15-4-6-18(25-2)16(10-15)14-7-8-22(11-14)20(23)13-3-5-17-19(9-13)26-12-21-17/h3-6,9-10,12,14H,7-8,11H2,1-2H3/t14-/m0/s1. The van der Waals surface area contributed by atoms with Gasteiger partial charge in [-0.1, -0.05) is 0 Å². The fraction of sp³-hybridized carbons (Fsp3) is 0.300. The van der Waals surface area contributed by atoms with E-state index >= 15 is 0 Å². The Hall–Kier alpha value is -2.60. The third-order valence-corrected chi connectivity index (χ3v) is 5.72. The van der Waals surface area contributed by atoms with Crippen molar-refractivity contribution >= 4 is 27.5 Å². The largest absolute Gasteiger partial charge is 0.497 e. The Kier molecular flexibility index (Phi) is 4.51. The zero-order valence-corrected chi connectivity index (χ0v) is 15.6. The highest BCUT2D eigenvalue weighted by Gasteiger charge is 2.30. The minimum atomic E-state index is 0.0738. The molecular weight excluding hydrogens is 348 g/mol. The van der Waals surface area contributed by atoms with Gasteiger partial charge in [0.2, 0.25) is 0 Å². The quantitative estimate of drug-likeness (QED) is 0.700. The van der Waals surface area contributed by atoms with Crippen LogP contribution in [-0.2, 0) is 0 Å². The van der Waals surface area contributed by atoms with Crippen LogP contribution >= 0.6 is 11.3 Å². The number of benzene rings is 2. The summed E-state index contributed by atoms with van der Waals surface area (Å²) in [6, 6.07) is 11.6. The van der Waals surface area contributed by atoms with E-state index in [0.29, 0.717) is 6.54 Å². The van der Waals surface area contributed by atoms with Crippen molar-refractivity contribution in [1.29, 1.82) is 0 Å². The van der Waals surface area contributed by atoms with Crippen molar-refractivity contribution in [3.05, 3.63) is 53.0 Å². The molecule has 1 aliphatic heterocycles. The number of ether oxygens (including phenoxy) is 2. The highest BCUT2D eigenvalue weighted by Crippen LogP contribution is 2.36. The number of amides is 1. The molecule has 0 aliphatic carbocycles. The van der Waals surface area contributed by atoms with E-state index in [-0.39, 0.29) is 11.8 Å². The summed E-state index contributed by atoms with van der Waals surface area (Å²) in [5.41, 5.74) is 4.56. The Balaban J connectivity index is 1.55. The van der Waals surface area contributed by atoms with Crippen LogP contribution in [-0.4, -0.2) is 43.1 Å². The van der Waals surface area contributed by atoms with E-state index in [4.69, 9.17) is 9.47 Å². The molecule has 1 atom stereocenters. The van der Waals surface area contributed by atoms with Gasteiger partial charge in [0.1, 0.15) is 11.5 Å². The van der Waals surface area contributed by atoms with Gasteiger partial charge >= 0.3 is 0 Å². The first-order valence-electron chi connectivity index (χ1n) is 8.54. The SMILES string of the molecule is COc1ccc(OC)c([C@H]2CCN(C(=O)c3ccc4ncsc4c3)C2)c1. The monoisotopic (exact) mass is 368 g/mol. The van der Waals surface area contributed by atoms with Gasteiger partial charge in [0.05, 0.1) is 29.9 Å². The van der Waals surface area contributed by atoms with Gasteiger partial charge in [0.25, 0.3) is 5.91 Å². The van der Waals surface area contributed by atoms with Gasteiger partial charge in [0.15, 0.2) is 0 Å². The zero-order valence-electron chi connectivity index (χ0n) is 14.8. The number of carbonyl (C=O) groups excluding carboxylic acids is 1. The molecule has 26 heavy (non-hydrogen) atoms. The molecule has 1 aliphatic rings. The molecule has 0 spiro atoms. The first-order chi connectivity index (χ1) is 12.7. The van der Waals surface area contributed by atoms with Crippen LogP contribution in [0.25, 0.3) is 10.2 Å². The molecule has 134 valence electrons. The number of methoxy groups -OCH3 is 2. The van der Waals surface area contributed by atoms with E-state index in [1.807, 2.05) is 41.3 Å². The lowest BCUT2D eigenvalue weighted by atomic mass is 9.97. The molecule has 0 radical (unpaired) electrons. The van der Waals surface area contributed by atoms with Gasteiger partial charge in [-0.05, 0) is 42.8 Å². The van der Waals surface area contributed by atoms with Gasteiger partial charge in [-0.25, -0.2) is 4.98 Å². The average Bonchev–Trinajstić information content (AvgIpc) is 3.35. The Labute approximate surface area is 156 Å². The van der Waals surface area contributed by atoms with Gasteiger partial charge in [-0.2, -0.15) is 0 Å². The molecule has 4 rings (SSSR count). The van der Waals surface area contributed by atoms with E-state index in [1.54, 1.807) is 31.1 Å². The lowest BCUT2D eigenvalue weighted by Gasteiger charge is -2.18. The first kappa shape index (κ1) is 16.8. The Morgan fingerprint density at radius 1 is 1.19 bits per heavy atom. The van der Waals surface area contributed by atoms with Crippen molar-refractivity contribution in [2.75, 3.05) is 27.3 Å². The molecule has 2 aromatic carbocycles. The van der Waals surface area contributed by atoms with Crippen LogP contribution in [0, 0.1) is 0 Å². The van der Waals surface area contributed by atoms with Crippen LogP contribution in [0.1, 0.15) is 28.3 Å². The van der Waals surface area contributed by atoms with Crippen LogP contribution < -0.4 is 9.47 Å². The van der Waals surface area contributed by atoms with Crippen molar-refractivity contribution in [2.45, 2.75) is 12.3 Å². The highest BCUT2D eigenvalue weighted by atomic mass is 32.1. The minimum absolute atomic E-state index is 0.0738. The second-order valence-electron chi connectivity index (χ2n) is 6.38. The van der Waals surface area contributed by atoms with Gasteiger partial charge in [0, 0.05) is 30.1 Å². The number of likely N-dealkylation sites (tertiary alicyclic amines) is 1. The smallest absolute Gasteiger partial charge is 0.253 e. The molecule has 1 saturated heterocycles. The predicted octanol–water partition coefficient (Wildman–Crippen LogP) is 3.94. The molecule has 2 heterocycles. The molecule has 3 aromatic rings. The van der Waals surface area contributed by atoms with Gasteiger partial charge in [-0.15, -0.1) is 11.3 Å². The zero-order chi connectivity index (χ0) is 18.1. The summed E-state index contributed by atoms with van der Waals surface area (Å²) in [5.74, 6) is 1.97. The van der Waals surface area contributed by atoms with Crippen LogP contribution in [0.4, 0.5) is 0 Å². The van der Waals surface area contributed by atoms with Crippen molar-refractivity contribution in [3.63, 3.8) is 0 Å². The molecule has 0 N–H and O–H groups in total. The van der Waals surface area contributed by atoms with E-state index in [9.17, 15) is 4.79 Å². The average molecular weight is 368 g/mol. The Morgan fingerprint density at radius 2 is 2.08 bits per heavy atom. The fourth-order valence-electron chi connectivity index (χ4n) is 3.53. The lowest BCUT2D eigenvalue weighted by molar-refractivity contribution is 0.0791. The third-order valence-electron chi connectivity index (χ3n) is 4.93. The van der Waals surface area contributed by atoms with Crippen LogP contribution in [0.5, 0.6) is 11.5 Å². The molecular formula is C20H20N2O3S. The number of nitrogens with zero attached hydrogens (tertiary/aromatic N) is 2. The van der Waals surface area contributed by atoms with Crippen LogP contribution in [0.2, 0.25) is 0 Å². The van der Waals surface area contributed by atoms with Gasteiger partial charge in [-0.3, -0.25) is 4.79 Å². The third kappa shape index (κ3) is 3.01. The van der Waals surface area contributed by atoms with E-state index in [1.165, 1.54) is 0 Å². The molecule has 0 bridgehead atoms. The van der Waals surface area contributed by atoms with Crippen LogP contribution in [0.15, 0.2) is 41.9 Å². The van der Waals surface area contributed by atoms with E-state index < -0.39 is 0 Å². The summed E-state index contributed by atoms with van der Waals surface area (Å²) < 4.78 is 11.9.